The predicted molar refractivity (Wildman–Crippen MR) is 78.9 cm³/mol. The van der Waals surface area contributed by atoms with E-state index < -0.39 is 11.9 Å². The van der Waals surface area contributed by atoms with Crippen LogP contribution in [0.4, 0.5) is 24.8 Å². The van der Waals surface area contributed by atoms with E-state index in [2.05, 4.69) is 20.4 Å². The molecule has 0 aliphatic heterocycles. The molecule has 0 saturated heterocycles. The number of para-hydroxylation sites is 1. The van der Waals surface area contributed by atoms with Crippen molar-refractivity contribution in [3.63, 3.8) is 0 Å². The van der Waals surface area contributed by atoms with Crippen LogP contribution in [-0.2, 0) is 6.18 Å². The molecule has 0 aliphatic carbocycles. The van der Waals surface area contributed by atoms with Gasteiger partial charge in [-0.25, -0.2) is 14.6 Å². The summed E-state index contributed by atoms with van der Waals surface area (Å²) in [5, 5.41) is 7.28. The van der Waals surface area contributed by atoms with Crippen molar-refractivity contribution < 1.29 is 13.2 Å². The standard InChI is InChI=1S/C14H9ClF3N5/c15-10-3-1-2-4-11(10)23-8-9(7-20-23)21-13-19-6-5-12(22-13)14(16,17)18/h1-8H,(H,19,21,22). The minimum absolute atomic E-state index is 0.168. The van der Waals surface area contributed by atoms with Crippen molar-refractivity contribution in [1.29, 1.82) is 0 Å². The van der Waals surface area contributed by atoms with Crippen molar-refractivity contribution in [2.24, 2.45) is 0 Å². The van der Waals surface area contributed by atoms with Crippen molar-refractivity contribution in [1.82, 2.24) is 19.7 Å². The Kier molecular flexibility index (Phi) is 3.91. The van der Waals surface area contributed by atoms with Gasteiger partial charge in [-0.15, -0.1) is 0 Å². The highest BCUT2D eigenvalue weighted by atomic mass is 35.5. The topological polar surface area (TPSA) is 55.6 Å². The lowest BCUT2D eigenvalue weighted by Crippen LogP contribution is -2.09. The smallest absolute Gasteiger partial charge is 0.321 e. The highest BCUT2D eigenvalue weighted by Crippen LogP contribution is 2.28. The van der Waals surface area contributed by atoms with E-state index in [0.717, 1.165) is 12.3 Å². The molecule has 1 N–H and O–H groups in total. The lowest BCUT2D eigenvalue weighted by atomic mass is 10.3. The van der Waals surface area contributed by atoms with Crippen LogP contribution in [0.1, 0.15) is 5.69 Å². The Balaban J connectivity index is 1.84. The van der Waals surface area contributed by atoms with Gasteiger partial charge in [0.15, 0.2) is 0 Å². The fourth-order valence-electron chi connectivity index (χ4n) is 1.86. The Morgan fingerprint density at radius 1 is 1.13 bits per heavy atom. The molecule has 0 atom stereocenters. The molecule has 0 radical (unpaired) electrons. The lowest BCUT2D eigenvalue weighted by molar-refractivity contribution is -0.141. The van der Waals surface area contributed by atoms with Gasteiger partial charge in [-0.05, 0) is 18.2 Å². The Morgan fingerprint density at radius 2 is 1.91 bits per heavy atom. The molecule has 0 aliphatic rings. The van der Waals surface area contributed by atoms with Gasteiger partial charge in [0, 0.05) is 6.20 Å². The molecule has 0 unspecified atom stereocenters. The first-order valence-electron chi connectivity index (χ1n) is 6.40. The molecule has 3 aromatic rings. The summed E-state index contributed by atoms with van der Waals surface area (Å²) in [5.74, 6) is -0.168. The van der Waals surface area contributed by atoms with Crippen LogP contribution in [0.15, 0.2) is 48.9 Å². The maximum absolute atomic E-state index is 12.6. The summed E-state index contributed by atoms with van der Waals surface area (Å²) in [6.45, 7) is 0. The van der Waals surface area contributed by atoms with E-state index in [1.807, 2.05) is 0 Å². The van der Waals surface area contributed by atoms with Gasteiger partial charge < -0.3 is 5.32 Å². The van der Waals surface area contributed by atoms with Crippen LogP contribution in [0.5, 0.6) is 0 Å². The third kappa shape index (κ3) is 3.42. The maximum Gasteiger partial charge on any atom is 0.433 e. The van der Waals surface area contributed by atoms with Gasteiger partial charge in [0.05, 0.1) is 28.8 Å². The highest BCUT2D eigenvalue weighted by molar-refractivity contribution is 6.32. The van der Waals surface area contributed by atoms with Gasteiger partial charge in [-0.3, -0.25) is 0 Å². The number of anilines is 2. The largest absolute Gasteiger partial charge is 0.433 e. The van der Waals surface area contributed by atoms with Crippen LogP contribution in [-0.4, -0.2) is 19.7 Å². The monoisotopic (exact) mass is 339 g/mol. The van der Waals surface area contributed by atoms with E-state index in [0.29, 0.717) is 16.4 Å². The SMILES string of the molecule is FC(F)(F)c1ccnc(Nc2cnn(-c3ccccc3Cl)c2)n1. The summed E-state index contributed by atoms with van der Waals surface area (Å²) in [5.41, 5.74) is 0.0601. The Labute approximate surface area is 133 Å². The second-order valence-corrected chi connectivity index (χ2v) is 4.92. The van der Waals surface area contributed by atoms with E-state index in [1.54, 1.807) is 30.5 Å². The Morgan fingerprint density at radius 3 is 2.65 bits per heavy atom. The van der Waals surface area contributed by atoms with Gasteiger partial charge in [-0.1, -0.05) is 23.7 Å². The minimum atomic E-state index is -4.53. The summed E-state index contributed by atoms with van der Waals surface area (Å²) in [7, 11) is 0. The Hall–Kier alpha value is -2.61. The van der Waals surface area contributed by atoms with E-state index in [-0.39, 0.29) is 5.95 Å². The normalized spacial score (nSPS) is 11.5. The molecular weight excluding hydrogens is 331 g/mol. The summed E-state index contributed by atoms with van der Waals surface area (Å²) in [6, 6.07) is 7.86. The third-order valence-corrected chi connectivity index (χ3v) is 3.20. The van der Waals surface area contributed by atoms with Crippen molar-refractivity contribution in [3.8, 4) is 5.69 Å². The number of aromatic nitrogens is 4. The average Bonchev–Trinajstić information content (AvgIpc) is 2.95. The summed E-state index contributed by atoms with van der Waals surface area (Å²) in [6.07, 6.45) is -0.477. The summed E-state index contributed by atoms with van der Waals surface area (Å²) in [4.78, 5) is 7.19. The molecule has 9 heteroatoms. The maximum atomic E-state index is 12.6. The molecule has 0 saturated carbocycles. The van der Waals surface area contributed by atoms with E-state index in [1.165, 1.54) is 10.9 Å². The molecule has 1 aromatic carbocycles. The number of rotatable bonds is 3. The van der Waals surface area contributed by atoms with Gasteiger partial charge >= 0.3 is 6.18 Å². The van der Waals surface area contributed by atoms with Gasteiger partial charge in [0.1, 0.15) is 5.69 Å². The van der Waals surface area contributed by atoms with Crippen LogP contribution in [0.25, 0.3) is 5.69 Å². The molecule has 2 aromatic heterocycles. The first-order valence-corrected chi connectivity index (χ1v) is 6.78. The number of nitrogens with one attached hydrogen (secondary N) is 1. The molecular formula is C14H9ClF3N5. The van der Waals surface area contributed by atoms with Gasteiger partial charge in [0.2, 0.25) is 5.95 Å². The molecule has 5 nitrogen and oxygen atoms in total. The van der Waals surface area contributed by atoms with Crippen molar-refractivity contribution in [3.05, 3.63) is 59.6 Å². The molecule has 2 heterocycles. The summed E-state index contributed by atoms with van der Waals surface area (Å²) < 4.78 is 39.4. The van der Waals surface area contributed by atoms with Crippen molar-refractivity contribution in [2.75, 3.05) is 5.32 Å². The second-order valence-electron chi connectivity index (χ2n) is 4.51. The Bertz CT molecular complexity index is 831. The number of hydrogen-bond donors (Lipinski definition) is 1. The first kappa shape index (κ1) is 15.3. The zero-order chi connectivity index (χ0) is 16.4. The quantitative estimate of drug-likeness (QED) is 0.781. The van der Waals surface area contributed by atoms with Crippen LogP contribution in [0.2, 0.25) is 5.02 Å². The molecule has 0 fully saturated rings. The molecule has 0 spiro atoms. The minimum Gasteiger partial charge on any atom is -0.321 e. The average molecular weight is 340 g/mol. The molecule has 3 rings (SSSR count). The number of nitrogens with zero attached hydrogens (tertiary/aromatic N) is 4. The second kappa shape index (κ2) is 5.88. The van der Waals surface area contributed by atoms with Crippen LogP contribution in [0.3, 0.4) is 0 Å². The van der Waals surface area contributed by atoms with E-state index in [9.17, 15) is 13.2 Å². The number of halogens is 4. The molecule has 118 valence electrons. The fourth-order valence-corrected chi connectivity index (χ4v) is 2.08. The van der Waals surface area contributed by atoms with Crippen LogP contribution < -0.4 is 5.32 Å². The highest BCUT2D eigenvalue weighted by Gasteiger charge is 2.32. The fraction of sp³-hybridized carbons (Fsp3) is 0.0714. The lowest BCUT2D eigenvalue weighted by Gasteiger charge is -2.07. The van der Waals surface area contributed by atoms with Crippen molar-refractivity contribution in [2.45, 2.75) is 6.18 Å². The summed E-state index contributed by atoms with van der Waals surface area (Å²) >= 11 is 6.07. The molecule has 0 amide bonds. The third-order valence-electron chi connectivity index (χ3n) is 2.88. The van der Waals surface area contributed by atoms with Gasteiger partial charge in [0.25, 0.3) is 0 Å². The molecule has 0 bridgehead atoms. The zero-order valence-electron chi connectivity index (χ0n) is 11.4. The predicted octanol–water partition coefficient (Wildman–Crippen LogP) is 4.08. The van der Waals surface area contributed by atoms with E-state index in [4.69, 9.17) is 11.6 Å². The number of hydrogen-bond acceptors (Lipinski definition) is 4. The van der Waals surface area contributed by atoms with Crippen molar-refractivity contribution >= 4 is 23.2 Å². The van der Waals surface area contributed by atoms with E-state index >= 15 is 0 Å². The first-order chi connectivity index (χ1) is 10.9. The number of benzene rings is 1. The number of alkyl halides is 3. The zero-order valence-corrected chi connectivity index (χ0v) is 12.2. The van der Waals surface area contributed by atoms with Gasteiger partial charge in [-0.2, -0.15) is 18.3 Å². The van der Waals surface area contributed by atoms with Crippen LogP contribution >= 0.6 is 11.6 Å². The molecule has 23 heavy (non-hydrogen) atoms. The van der Waals surface area contributed by atoms with Crippen LogP contribution in [0, 0.1) is 0 Å².